The molecule has 9 heteroatoms. The maximum Gasteiger partial charge on any atom is 0.439 e. The fourth-order valence-electron chi connectivity index (χ4n) is 4.78. The minimum absolute atomic E-state index is 0.0548. The van der Waals surface area contributed by atoms with Gasteiger partial charge in [0.25, 0.3) is 0 Å². The number of aromatic amines is 1. The Morgan fingerprint density at radius 2 is 1.86 bits per heavy atom. The van der Waals surface area contributed by atoms with E-state index >= 15 is 0 Å². The van der Waals surface area contributed by atoms with E-state index in [-0.39, 0.29) is 24.1 Å². The summed E-state index contributed by atoms with van der Waals surface area (Å²) in [4.78, 5) is 42.6. The standard InChI is InChI=1S/C28H26N4O5/c1-17-10-12-20(13-11-17)32-24(33)15-14-22(25(32)21-8-3-4-9-23(21)36-2)27(34)29-19-7-5-6-18(16-19)26-30-28(35)37-31-26/h3-13,16,22,25H,14-15H2,1-2H3,(H,29,34)(H,30,31,35). The Morgan fingerprint density at radius 3 is 2.59 bits per heavy atom. The lowest BCUT2D eigenvalue weighted by molar-refractivity contribution is -0.125. The summed E-state index contributed by atoms with van der Waals surface area (Å²) >= 11 is 0. The van der Waals surface area contributed by atoms with Gasteiger partial charge < -0.3 is 15.0 Å². The number of hydrogen-bond donors (Lipinski definition) is 2. The van der Waals surface area contributed by atoms with Gasteiger partial charge in [-0.3, -0.25) is 19.1 Å². The molecule has 0 aliphatic carbocycles. The molecule has 2 N–H and O–H groups in total. The van der Waals surface area contributed by atoms with Crippen LogP contribution in [-0.2, 0) is 9.59 Å². The number of hydrogen-bond acceptors (Lipinski definition) is 6. The first kappa shape index (κ1) is 24.1. The second kappa shape index (κ2) is 10.1. The predicted octanol–water partition coefficient (Wildman–Crippen LogP) is 4.47. The molecule has 0 saturated carbocycles. The van der Waals surface area contributed by atoms with Gasteiger partial charge in [-0.25, -0.2) is 4.79 Å². The van der Waals surface area contributed by atoms with Gasteiger partial charge in [0, 0.05) is 28.9 Å². The van der Waals surface area contributed by atoms with E-state index in [2.05, 4.69) is 20.0 Å². The van der Waals surface area contributed by atoms with Crippen molar-refractivity contribution < 1.29 is 18.8 Å². The molecule has 188 valence electrons. The molecule has 37 heavy (non-hydrogen) atoms. The zero-order chi connectivity index (χ0) is 25.9. The van der Waals surface area contributed by atoms with Crippen molar-refractivity contribution in [3.63, 3.8) is 0 Å². The van der Waals surface area contributed by atoms with Crippen molar-refractivity contribution in [1.29, 1.82) is 0 Å². The van der Waals surface area contributed by atoms with E-state index in [4.69, 9.17) is 4.74 Å². The highest BCUT2D eigenvalue weighted by Gasteiger charge is 2.42. The molecule has 0 spiro atoms. The SMILES string of the molecule is COc1ccccc1C1C(C(=O)Nc2cccc(-c3noc(=O)[nH]3)c2)CCC(=O)N1c1ccc(C)cc1. The molecule has 0 bridgehead atoms. The van der Waals surface area contributed by atoms with E-state index in [1.165, 1.54) is 0 Å². The summed E-state index contributed by atoms with van der Waals surface area (Å²) in [6, 6.07) is 21.5. The molecular weight excluding hydrogens is 472 g/mol. The highest BCUT2D eigenvalue weighted by atomic mass is 16.5. The van der Waals surface area contributed by atoms with Gasteiger partial charge in [0.2, 0.25) is 11.8 Å². The summed E-state index contributed by atoms with van der Waals surface area (Å²) in [5.41, 5.74) is 3.67. The molecule has 2 heterocycles. The quantitative estimate of drug-likeness (QED) is 0.405. The molecule has 3 aromatic carbocycles. The first-order valence-electron chi connectivity index (χ1n) is 11.9. The molecule has 5 rings (SSSR count). The summed E-state index contributed by atoms with van der Waals surface area (Å²) in [5, 5.41) is 6.70. The van der Waals surface area contributed by atoms with Crippen LogP contribution in [0.15, 0.2) is 82.1 Å². The molecule has 1 aliphatic rings. The second-order valence-corrected chi connectivity index (χ2v) is 8.94. The number of H-pyrrole nitrogens is 1. The molecule has 1 aromatic heterocycles. The number of aryl methyl sites for hydroxylation is 1. The fourth-order valence-corrected chi connectivity index (χ4v) is 4.78. The van der Waals surface area contributed by atoms with Crippen molar-refractivity contribution in [3.05, 3.63) is 94.5 Å². The number of amides is 2. The Hall–Kier alpha value is -4.66. The van der Waals surface area contributed by atoms with Crippen molar-refractivity contribution >= 4 is 23.2 Å². The number of methoxy groups -OCH3 is 1. The molecular formula is C28H26N4O5. The van der Waals surface area contributed by atoms with E-state index in [0.717, 1.165) is 16.8 Å². The lowest BCUT2D eigenvalue weighted by Gasteiger charge is -2.41. The van der Waals surface area contributed by atoms with Crippen LogP contribution < -0.4 is 20.7 Å². The van der Waals surface area contributed by atoms with E-state index in [9.17, 15) is 14.4 Å². The number of carbonyl (C=O) groups excluding carboxylic acids is 2. The Labute approximate surface area is 213 Å². The number of carbonyl (C=O) groups is 2. The third-order valence-corrected chi connectivity index (χ3v) is 6.55. The summed E-state index contributed by atoms with van der Waals surface area (Å²) in [6.07, 6.45) is 0.615. The van der Waals surface area contributed by atoms with Gasteiger partial charge in [0.05, 0.1) is 19.1 Å². The normalized spacial score (nSPS) is 17.5. The maximum absolute atomic E-state index is 13.8. The fraction of sp³-hybridized carbons (Fsp3) is 0.214. The highest BCUT2D eigenvalue weighted by molar-refractivity contribution is 6.00. The summed E-state index contributed by atoms with van der Waals surface area (Å²) in [6.45, 7) is 1.98. The number of rotatable bonds is 6. The van der Waals surface area contributed by atoms with E-state index in [1.54, 1.807) is 36.3 Å². The van der Waals surface area contributed by atoms with Crippen LogP contribution in [-0.4, -0.2) is 29.1 Å². The van der Waals surface area contributed by atoms with Crippen LogP contribution in [0.4, 0.5) is 11.4 Å². The van der Waals surface area contributed by atoms with Crippen LogP contribution >= 0.6 is 0 Å². The topological polar surface area (TPSA) is 118 Å². The van der Waals surface area contributed by atoms with E-state index in [1.807, 2.05) is 55.5 Å². The maximum atomic E-state index is 13.8. The van der Waals surface area contributed by atoms with Crippen LogP contribution in [0.25, 0.3) is 11.4 Å². The molecule has 1 fully saturated rings. The second-order valence-electron chi connectivity index (χ2n) is 8.94. The summed E-state index contributed by atoms with van der Waals surface area (Å²) in [7, 11) is 1.58. The van der Waals surface area contributed by atoms with Crippen LogP contribution in [0.3, 0.4) is 0 Å². The molecule has 1 aliphatic heterocycles. The van der Waals surface area contributed by atoms with Gasteiger partial charge in [-0.1, -0.05) is 53.2 Å². The number of ether oxygens (including phenoxy) is 1. The molecule has 1 saturated heterocycles. The van der Waals surface area contributed by atoms with Gasteiger partial charge in [-0.15, -0.1) is 0 Å². The minimum atomic E-state index is -0.660. The number of aromatic nitrogens is 2. The van der Waals surface area contributed by atoms with Gasteiger partial charge in [-0.05, 0) is 43.7 Å². The van der Waals surface area contributed by atoms with Crippen molar-refractivity contribution in [1.82, 2.24) is 10.1 Å². The van der Waals surface area contributed by atoms with E-state index in [0.29, 0.717) is 23.4 Å². The number of para-hydroxylation sites is 1. The summed E-state index contributed by atoms with van der Waals surface area (Å²) in [5.74, 6) is -0.624. The van der Waals surface area contributed by atoms with Crippen LogP contribution in [0.1, 0.15) is 30.0 Å². The van der Waals surface area contributed by atoms with Crippen LogP contribution in [0.2, 0.25) is 0 Å². The third kappa shape index (κ3) is 4.88. The zero-order valence-corrected chi connectivity index (χ0v) is 20.4. The molecule has 9 nitrogen and oxygen atoms in total. The first-order valence-corrected chi connectivity index (χ1v) is 11.9. The number of nitrogens with zero attached hydrogens (tertiary/aromatic N) is 2. The zero-order valence-electron chi connectivity index (χ0n) is 20.4. The van der Waals surface area contributed by atoms with Gasteiger partial charge in [0.1, 0.15) is 5.75 Å². The van der Waals surface area contributed by atoms with Crippen molar-refractivity contribution in [2.45, 2.75) is 25.8 Å². The van der Waals surface area contributed by atoms with Crippen molar-refractivity contribution in [2.24, 2.45) is 5.92 Å². The average Bonchev–Trinajstić information content (AvgIpc) is 3.35. The minimum Gasteiger partial charge on any atom is -0.496 e. The average molecular weight is 499 g/mol. The predicted molar refractivity (Wildman–Crippen MR) is 138 cm³/mol. The highest BCUT2D eigenvalue weighted by Crippen LogP contribution is 2.43. The lowest BCUT2D eigenvalue weighted by atomic mass is 9.82. The largest absolute Gasteiger partial charge is 0.496 e. The Morgan fingerprint density at radius 1 is 1.08 bits per heavy atom. The Balaban J connectivity index is 1.52. The number of piperidine rings is 1. The van der Waals surface area contributed by atoms with Crippen molar-refractivity contribution in [2.75, 3.05) is 17.3 Å². The van der Waals surface area contributed by atoms with Crippen molar-refractivity contribution in [3.8, 4) is 17.1 Å². The number of nitrogens with one attached hydrogen (secondary N) is 2. The molecule has 2 amide bonds. The van der Waals surface area contributed by atoms with Gasteiger partial charge in [0.15, 0.2) is 5.82 Å². The molecule has 4 aromatic rings. The third-order valence-electron chi connectivity index (χ3n) is 6.55. The molecule has 0 radical (unpaired) electrons. The smallest absolute Gasteiger partial charge is 0.439 e. The first-order chi connectivity index (χ1) is 17.9. The number of anilines is 2. The monoisotopic (exact) mass is 498 g/mol. The Kier molecular flexibility index (Phi) is 6.59. The van der Waals surface area contributed by atoms with E-state index < -0.39 is 17.7 Å². The Bertz CT molecular complexity index is 1490. The van der Waals surface area contributed by atoms with Gasteiger partial charge >= 0.3 is 5.76 Å². The number of benzene rings is 3. The van der Waals surface area contributed by atoms with Crippen LogP contribution in [0.5, 0.6) is 5.75 Å². The molecule has 2 atom stereocenters. The molecule has 2 unspecified atom stereocenters. The van der Waals surface area contributed by atoms with Crippen LogP contribution in [0, 0.1) is 12.8 Å². The lowest BCUT2D eigenvalue weighted by Crippen LogP contribution is -2.47. The van der Waals surface area contributed by atoms with Gasteiger partial charge in [-0.2, -0.15) is 0 Å². The summed E-state index contributed by atoms with van der Waals surface area (Å²) < 4.78 is 10.2.